The van der Waals surface area contributed by atoms with E-state index in [0.29, 0.717) is 22.4 Å². The van der Waals surface area contributed by atoms with Gasteiger partial charge in [0.05, 0.1) is 26.8 Å². The molecule has 0 saturated heterocycles. The molecule has 1 aromatic carbocycles. The fourth-order valence-corrected chi connectivity index (χ4v) is 3.16. The zero-order valence-electron chi connectivity index (χ0n) is 12.7. The lowest BCUT2D eigenvalue weighted by atomic mass is 10.2. The Morgan fingerprint density at radius 1 is 1.13 bits per heavy atom. The molecule has 0 radical (unpaired) electrons. The molecule has 0 saturated carbocycles. The monoisotopic (exact) mass is 373 g/mol. The summed E-state index contributed by atoms with van der Waals surface area (Å²) in [6, 6.07) is 7.50. The summed E-state index contributed by atoms with van der Waals surface area (Å²) in [5, 5.41) is 3.64. The van der Waals surface area contributed by atoms with Crippen LogP contribution in [-0.4, -0.2) is 19.9 Å². The van der Waals surface area contributed by atoms with Crippen LogP contribution in [0.5, 0.6) is 0 Å². The number of pyridine rings is 1. The van der Waals surface area contributed by atoms with Gasteiger partial charge in [-0.1, -0.05) is 37.0 Å². The van der Waals surface area contributed by atoms with E-state index in [-0.39, 0.29) is 9.92 Å². The lowest BCUT2D eigenvalue weighted by Gasteiger charge is -2.11. The Kier molecular flexibility index (Phi) is 5.73. The van der Waals surface area contributed by atoms with Crippen LogP contribution in [0.15, 0.2) is 41.4 Å². The highest BCUT2D eigenvalue weighted by Gasteiger charge is 2.15. The van der Waals surface area contributed by atoms with E-state index in [4.69, 9.17) is 23.2 Å². The quantitative estimate of drug-likeness (QED) is 0.793. The Hall–Kier alpha value is -1.50. The Labute approximate surface area is 146 Å². The van der Waals surface area contributed by atoms with Crippen LogP contribution >= 0.6 is 23.2 Å². The fraction of sp³-hybridized carbons (Fsp3) is 0.267. The summed E-state index contributed by atoms with van der Waals surface area (Å²) < 4.78 is 27.1. The van der Waals surface area contributed by atoms with E-state index in [1.165, 1.54) is 24.4 Å². The minimum atomic E-state index is -3.74. The first-order chi connectivity index (χ1) is 10.8. The first-order valence-electron chi connectivity index (χ1n) is 6.96. The maximum Gasteiger partial charge on any atom is 0.261 e. The van der Waals surface area contributed by atoms with Gasteiger partial charge in [-0.2, -0.15) is 0 Å². The number of halogens is 2. The molecule has 2 N–H and O–H groups in total. The zero-order valence-corrected chi connectivity index (χ0v) is 15.0. The van der Waals surface area contributed by atoms with Crippen LogP contribution in [0.1, 0.15) is 13.8 Å². The van der Waals surface area contributed by atoms with Crippen LogP contribution < -0.4 is 10.0 Å². The summed E-state index contributed by atoms with van der Waals surface area (Å²) in [5.41, 5.74) is 0.367. The minimum absolute atomic E-state index is 0.0360. The van der Waals surface area contributed by atoms with E-state index in [0.717, 1.165) is 6.54 Å². The summed E-state index contributed by atoms with van der Waals surface area (Å²) in [6.07, 6.45) is 1.46. The van der Waals surface area contributed by atoms with Gasteiger partial charge in [-0.3, -0.25) is 4.72 Å². The lowest BCUT2D eigenvalue weighted by molar-refractivity contribution is 0.601. The van der Waals surface area contributed by atoms with Crippen LogP contribution in [0, 0.1) is 5.92 Å². The predicted octanol–water partition coefficient (Wildman–Crippen LogP) is 4.26. The van der Waals surface area contributed by atoms with Crippen molar-refractivity contribution >= 4 is 44.7 Å². The molecule has 5 nitrogen and oxygen atoms in total. The van der Waals surface area contributed by atoms with Crippen molar-refractivity contribution in [3.8, 4) is 0 Å². The third-order valence-electron chi connectivity index (χ3n) is 2.91. The maximum absolute atomic E-state index is 12.3. The van der Waals surface area contributed by atoms with Crippen molar-refractivity contribution in [3.63, 3.8) is 0 Å². The Bertz CT molecular complexity index is 778. The SMILES string of the molecule is CC(C)CNc1ccc(NS(=O)(=O)c2ccc(Cl)c(Cl)c2)cn1. The van der Waals surface area contributed by atoms with Crippen molar-refractivity contribution in [2.75, 3.05) is 16.6 Å². The molecular weight excluding hydrogens is 357 g/mol. The number of sulfonamides is 1. The smallest absolute Gasteiger partial charge is 0.261 e. The third kappa shape index (κ3) is 4.99. The van der Waals surface area contributed by atoms with Crippen LogP contribution in [0.4, 0.5) is 11.5 Å². The van der Waals surface area contributed by atoms with Gasteiger partial charge in [0.2, 0.25) is 0 Å². The van der Waals surface area contributed by atoms with Crippen LogP contribution in [0.2, 0.25) is 10.0 Å². The molecular formula is C15H17Cl2N3O2S. The number of aromatic nitrogens is 1. The topological polar surface area (TPSA) is 71.1 Å². The Balaban J connectivity index is 2.12. The molecule has 0 amide bonds. The second-order valence-corrected chi connectivity index (χ2v) is 7.89. The molecule has 23 heavy (non-hydrogen) atoms. The van der Waals surface area contributed by atoms with Gasteiger partial charge in [0.15, 0.2) is 0 Å². The second-order valence-electron chi connectivity index (χ2n) is 5.39. The third-order valence-corrected chi connectivity index (χ3v) is 5.03. The molecule has 0 unspecified atom stereocenters. The number of nitrogens with one attached hydrogen (secondary N) is 2. The molecule has 1 heterocycles. The van der Waals surface area contributed by atoms with Crippen molar-refractivity contribution in [2.24, 2.45) is 5.92 Å². The number of benzene rings is 1. The van der Waals surface area contributed by atoms with Gasteiger partial charge in [-0.05, 0) is 36.2 Å². The summed E-state index contributed by atoms with van der Waals surface area (Å²) in [5.74, 6) is 1.18. The molecule has 2 rings (SSSR count). The van der Waals surface area contributed by atoms with E-state index >= 15 is 0 Å². The summed E-state index contributed by atoms with van der Waals surface area (Å²) in [6.45, 7) is 4.97. The van der Waals surface area contributed by atoms with Gasteiger partial charge < -0.3 is 5.32 Å². The van der Waals surface area contributed by atoms with Gasteiger partial charge in [0.25, 0.3) is 10.0 Å². The predicted molar refractivity (Wildman–Crippen MR) is 94.8 cm³/mol. The molecule has 0 bridgehead atoms. The highest BCUT2D eigenvalue weighted by molar-refractivity contribution is 7.92. The lowest BCUT2D eigenvalue weighted by Crippen LogP contribution is -2.13. The van der Waals surface area contributed by atoms with Crippen molar-refractivity contribution in [3.05, 3.63) is 46.6 Å². The number of hydrogen-bond acceptors (Lipinski definition) is 4. The molecule has 1 aromatic heterocycles. The van der Waals surface area contributed by atoms with E-state index < -0.39 is 10.0 Å². The summed E-state index contributed by atoms with van der Waals surface area (Å²) >= 11 is 11.7. The van der Waals surface area contributed by atoms with Crippen LogP contribution in [0.3, 0.4) is 0 Å². The minimum Gasteiger partial charge on any atom is -0.370 e. The van der Waals surface area contributed by atoms with E-state index in [1.807, 2.05) is 0 Å². The molecule has 0 aliphatic carbocycles. The molecule has 2 aromatic rings. The zero-order chi connectivity index (χ0) is 17.0. The Morgan fingerprint density at radius 3 is 2.43 bits per heavy atom. The van der Waals surface area contributed by atoms with Crippen molar-refractivity contribution in [2.45, 2.75) is 18.7 Å². The largest absolute Gasteiger partial charge is 0.370 e. The van der Waals surface area contributed by atoms with Crippen LogP contribution in [-0.2, 0) is 10.0 Å². The molecule has 0 aliphatic heterocycles. The van der Waals surface area contributed by atoms with Crippen LogP contribution in [0.25, 0.3) is 0 Å². The van der Waals surface area contributed by atoms with Gasteiger partial charge in [0, 0.05) is 6.54 Å². The van der Waals surface area contributed by atoms with E-state index in [9.17, 15) is 8.42 Å². The standard InChI is InChI=1S/C15H17Cl2N3O2S/c1-10(2)8-18-15-6-3-11(9-19-15)20-23(21,22)12-4-5-13(16)14(17)7-12/h3-7,9-10,20H,8H2,1-2H3,(H,18,19). The molecule has 124 valence electrons. The van der Waals surface area contributed by atoms with Gasteiger partial charge in [-0.15, -0.1) is 0 Å². The molecule has 0 atom stereocenters. The van der Waals surface area contributed by atoms with Gasteiger partial charge in [-0.25, -0.2) is 13.4 Å². The molecule has 8 heteroatoms. The van der Waals surface area contributed by atoms with Gasteiger partial charge >= 0.3 is 0 Å². The maximum atomic E-state index is 12.3. The van der Waals surface area contributed by atoms with Gasteiger partial charge in [0.1, 0.15) is 5.82 Å². The first kappa shape index (κ1) is 17.8. The average molecular weight is 374 g/mol. The second kappa shape index (κ2) is 7.38. The number of rotatable bonds is 6. The number of nitrogens with zero attached hydrogens (tertiary/aromatic N) is 1. The summed E-state index contributed by atoms with van der Waals surface area (Å²) in [4.78, 5) is 4.21. The van der Waals surface area contributed by atoms with Crippen molar-refractivity contribution in [1.82, 2.24) is 4.98 Å². The fourth-order valence-electron chi connectivity index (χ4n) is 1.73. The Morgan fingerprint density at radius 2 is 1.87 bits per heavy atom. The summed E-state index contributed by atoms with van der Waals surface area (Å²) in [7, 11) is -3.74. The molecule has 0 aliphatic rings. The molecule has 0 fully saturated rings. The highest BCUT2D eigenvalue weighted by Crippen LogP contribution is 2.26. The van der Waals surface area contributed by atoms with E-state index in [1.54, 1.807) is 12.1 Å². The first-order valence-corrected chi connectivity index (χ1v) is 9.19. The number of hydrogen-bond donors (Lipinski definition) is 2. The van der Waals surface area contributed by atoms with Crippen molar-refractivity contribution in [1.29, 1.82) is 0 Å². The molecule has 0 spiro atoms. The number of anilines is 2. The van der Waals surface area contributed by atoms with Crippen molar-refractivity contribution < 1.29 is 8.42 Å². The average Bonchev–Trinajstić information content (AvgIpc) is 2.49. The highest BCUT2D eigenvalue weighted by atomic mass is 35.5. The normalized spacial score (nSPS) is 11.5. The van der Waals surface area contributed by atoms with E-state index in [2.05, 4.69) is 28.9 Å².